The van der Waals surface area contributed by atoms with Gasteiger partial charge in [-0.1, -0.05) is 11.6 Å². The van der Waals surface area contributed by atoms with Crippen molar-refractivity contribution in [3.05, 3.63) is 64.2 Å². The van der Waals surface area contributed by atoms with Gasteiger partial charge in [-0.05, 0) is 42.0 Å². The van der Waals surface area contributed by atoms with Gasteiger partial charge >= 0.3 is 5.97 Å². The molecule has 2 aromatic carbocycles. The maximum Gasteiger partial charge on any atom is 0.331 e. The third kappa shape index (κ3) is 4.00. The number of carbonyl (C=O) groups excluding carboxylic acids is 2. The Balaban J connectivity index is 1.61. The molecule has 0 aromatic heterocycles. The van der Waals surface area contributed by atoms with Crippen molar-refractivity contribution in [2.75, 3.05) is 13.4 Å². The van der Waals surface area contributed by atoms with Crippen molar-refractivity contribution in [3.8, 4) is 11.5 Å². The highest BCUT2D eigenvalue weighted by Gasteiger charge is 2.18. The Bertz CT molecular complexity index is 911. The first-order chi connectivity index (χ1) is 12.4. The van der Waals surface area contributed by atoms with E-state index in [9.17, 15) is 18.4 Å². The Hall–Kier alpha value is -2.93. The van der Waals surface area contributed by atoms with Gasteiger partial charge in [-0.15, -0.1) is 0 Å². The van der Waals surface area contributed by atoms with Gasteiger partial charge in [-0.25, -0.2) is 13.6 Å². The molecule has 0 saturated carbocycles. The number of hydrogen-bond donors (Lipinski definition) is 0. The van der Waals surface area contributed by atoms with E-state index in [1.54, 1.807) is 12.1 Å². The molecule has 2 aromatic rings. The number of hydrogen-bond acceptors (Lipinski definition) is 5. The summed E-state index contributed by atoms with van der Waals surface area (Å²) < 4.78 is 41.7. The number of Topliss-reactive ketones (excluding diaryl/α,β-unsaturated/α-hetero) is 1. The van der Waals surface area contributed by atoms with Crippen LogP contribution < -0.4 is 9.47 Å². The number of carbonyl (C=O) groups is 2. The molecular formula is C18H11ClF2O5. The first-order valence-corrected chi connectivity index (χ1v) is 7.74. The number of ether oxygens (including phenoxy) is 3. The quantitative estimate of drug-likeness (QED) is 0.449. The minimum Gasteiger partial charge on any atom is -0.454 e. The number of ketones is 1. The molecule has 0 amide bonds. The summed E-state index contributed by atoms with van der Waals surface area (Å²) in [5.74, 6) is -2.46. The Morgan fingerprint density at radius 2 is 2.00 bits per heavy atom. The van der Waals surface area contributed by atoms with Gasteiger partial charge < -0.3 is 14.2 Å². The summed E-state index contributed by atoms with van der Waals surface area (Å²) >= 11 is 6.02. The maximum atomic E-state index is 13.5. The molecule has 8 heteroatoms. The van der Waals surface area contributed by atoms with Gasteiger partial charge in [0.1, 0.15) is 11.6 Å². The van der Waals surface area contributed by atoms with Gasteiger partial charge in [-0.3, -0.25) is 4.79 Å². The summed E-state index contributed by atoms with van der Waals surface area (Å²) in [5, 5.41) is 0.324. The van der Waals surface area contributed by atoms with E-state index >= 15 is 0 Å². The van der Waals surface area contributed by atoms with E-state index in [1.165, 1.54) is 6.08 Å². The Kier molecular flexibility index (Phi) is 5.18. The summed E-state index contributed by atoms with van der Waals surface area (Å²) in [6, 6.07) is 5.64. The molecule has 0 saturated heterocycles. The van der Waals surface area contributed by atoms with Crippen molar-refractivity contribution >= 4 is 29.4 Å². The predicted molar refractivity (Wildman–Crippen MR) is 88.3 cm³/mol. The molecule has 0 aliphatic carbocycles. The summed E-state index contributed by atoms with van der Waals surface area (Å²) in [5.41, 5.74) is 0.0723. The number of rotatable bonds is 5. The molecule has 3 rings (SSSR count). The SMILES string of the molecule is O=C(/C=C/c1cc(Cl)c2c(c1)OCO2)OCC(=O)c1cc(F)ccc1F. The third-order valence-corrected chi connectivity index (χ3v) is 3.72. The lowest BCUT2D eigenvalue weighted by Crippen LogP contribution is -2.14. The Labute approximate surface area is 151 Å². The zero-order valence-electron chi connectivity index (χ0n) is 13.1. The smallest absolute Gasteiger partial charge is 0.331 e. The van der Waals surface area contributed by atoms with Crippen LogP contribution in [0.25, 0.3) is 6.08 Å². The Morgan fingerprint density at radius 3 is 2.81 bits per heavy atom. The normalized spacial score (nSPS) is 12.4. The van der Waals surface area contributed by atoms with Crippen molar-refractivity contribution in [2.45, 2.75) is 0 Å². The maximum absolute atomic E-state index is 13.5. The number of benzene rings is 2. The lowest BCUT2D eigenvalue weighted by atomic mass is 10.1. The molecule has 1 heterocycles. The molecule has 0 radical (unpaired) electrons. The second kappa shape index (κ2) is 7.53. The van der Waals surface area contributed by atoms with Crippen LogP contribution in [0.15, 0.2) is 36.4 Å². The van der Waals surface area contributed by atoms with Gasteiger partial charge in [0.15, 0.2) is 18.1 Å². The van der Waals surface area contributed by atoms with E-state index in [0.29, 0.717) is 22.1 Å². The van der Waals surface area contributed by atoms with Gasteiger partial charge in [0.2, 0.25) is 12.6 Å². The van der Waals surface area contributed by atoms with Crippen LogP contribution in [0.2, 0.25) is 5.02 Å². The van der Waals surface area contributed by atoms with Gasteiger partial charge in [-0.2, -0.15) is 0 Å². The molecule has 1 aliphatic rings. The molecule has 26 heavy (non-hydrogen) atoms. The molecule has 0 bridgehead atoms. The van der Waals surface area contributed by atoms with E-state index < -0.39 is 35.6 Å². The molecule has 1 aliphatic heterocycles. The van der Waals surface area contributed by atoms with Gasteiger partial charge in [0.05, 0.1) is 10.6 Å². The van der Waals surface area contributed by atoms with Crippen molar-refractivity contribution in [1.29, 1.82) is 0 Å². The van der Waals surface area contributed by atoms with E-state index in [2.05, 4.69) is 0 Å². The van der Waals surface area contributed by atoms with Crippen LogP contribution in [0.1, 0.15) is 15.9 Å². The van der Waals surface area contributed by atoms with Crippen LogP contribution in [0.3, 0.4) is 0 Å². The summed E-state index contributed by atoms with van der Waals surface area (Å²) in [6.07, 6.45) is 2.48. The molecule has 0 atom stereocenters. The van der Waals surface area contributed by atoms with Gasteiger partial charge in [0.25, 0.3) is 0 Å². The highest BCUT2D eigenvalue weighted by Crippen LogP contribution is 2.40. The number of esters is 1. The van der Waals surface area contributed by atoms with Crippen LogP contribution in [-0.2, 0) is 9.53 Å². The highest BCUT2D eigenvalue weighted by atomic mass is 35.5. The topological polar surface area (TPSA) is 61.8 Å². The molecule has 0 fully saturated rings. The zero-order valence-corrected chi connectivity index (χ0v) is 13.9. The monoisotopic (exact) mass is 380 g/mol. The van der Waals surface area contributed by atoms with Crippen molar-refractivity contribution < 1.29 is 32.6 Å². The molecule has 0 spiro atoms. The first-order valence-electron chi connectivity index (χ1n) is 7.36. The van der Waals surface area contributed by atoms with E-state index in [4.69, 9.17) is 25.8 Å². The van der Waals surface area contributed by atoms with Crippen molar-refractivity contribution in [1.82, 2.24) is 0 Å². The minimum atomic E-state index is -0.891. The zero-order chi connectivity index (χ0) is 18.7. The van der Waals surface area contributed by atoms with Crippen LogP contribution in [0.5, 0.6) is 11.5 Å². The second-order valence-electron chi connectivity index (χ2n) is 5.22. The fourth-order valence-electron chi connectivity index (χ4n) is 2.22. The third-order valence-electron chi connectivity index (χ3n) is 3.44. The van der Waals surface area contributed by atoms with Crippen molar-refractivity contribution in [3.63, 3.8) is 0 Å². The summed E-state index contributed by atoms with van der Waals surface area (Å²) in [4.78, 5) is 23.5. The fraction of sp³-hybridized carbons (Fsp3) is 0.111. The fourth-order valence-corrected chi connectivity index (χ4v) is 2.50. The summed E-state index contributed by atoms with van der Waals surface area (Å²) in [7, 11) is 0. The van der Waals surface area contributed by atoms with Crippen LogP contribution in [0, 0.1) is 11.6 Å². The lowest BCUT2D eigenvalue weighted by Gasteiger charge is -2.04. The molecule has 5 nitrogen and oxygen atoms in total. The van der Waals surface area contributed by atoms with Crippen molar-refractivity contribution in [2.24, 2.45) is 0 Å². The lowest BCUT2D eigenvalue weighted by molar-refractivity contribution is -0.136. The average Bonchev–Trinajstić information content (AvgIpc) is 3.09. The molecule has 134 valence electrons. The number of halogens is 3. The standard InChI is InChI=1S/C18H11ClF2O5/c19-13-5-10(6-16-18(13)26-9-25-16)1-4-17(23)24-8-15(22)12-7-11(20)2-3-14(12)21/h1-7H,8-9H2/b4-1+. The van der Waals surface area contributed by atoms with Gasteiger partial charge in [0, 0.05) is 6.08 Å². The Morgan fingerprint density at radius 1 is 1.19 bits per heavy atom. The van der Waals surface area contributed by atoms with E-state index in [0.717, 1.165) is 24.3 Å². The van der Waals surface area contributed by atoms with E-state index in [1.807, 2.05) is 0 Å². The van der Waals surface area contributed by atoms with Crippen LogP contribution >= 0.6 is 11.6 Å². The average molecular weight is 381 g/mol. The largest absolute Gasteiger partial charge is 0.454 e. The molecule has 0 N–H and O–H groups in total. The minimum absolute atomic E-state index is 0.0585. The van der Waals surface area contributed by atoms with E-state index in [-0.39, 0.29) is 6.79 Å². The molecule has 0 unspecified atom stereocenters. The predicted octanol–water partition coefficient (Wildman–Crippen LogP) is 3.79. The molecular weight excluding hydrogens is 370 g/mol. The van der Waals surface area contributed by atoms with Crippen LogP contribution in [0.4, 0.5) is 8.78 Å². The summed E-state index contributed by atoms with van der Waals surface area (Å²) in [6.45, 7) is -0.658. The highest BCUT2D eigenvalue weighted by molar-refractivity contribution is 6.32. The van der Waals surface area contributed by atoms with Crippen LogP contribution in [-0.4, -0.2) is 25.2 Å². The first kappa shape index (κ1) is 17.9. The second-order valence-corrected chi connectivity index (χ2v) is 5.63. The number of fused-ring (bicyclic) bond motifs is 1.